The van der Waals surface area contributed by atoms with Crippen LogP contribution in [0.2, 0.25) is 0 Å². The molecule has 0 saturated carbocycles. The van der Waals surface area contributed by atoms with E-state index in [2.05, 4.69) is 27.1 Å². The van der Waals surface area contributed by atoms with Gasteiger partial charge >= 0.3 is 5.69 Å². The minimum atomic E-state index is -0.185. The van der Waals surface area contributed by atoms with E-state index in [4.69, 9.17) is 5.73 Å². The summed E-state index contributed by atoms with van der Waals surface area (Å²) >= 11 is 3.06. The molecule has 0 aliphatic heterocycles. The van der Waals surface area contributed by atoms with Crippen LogP contribution in [0.5, 0.6) is 0 Å². The minimum Gasteiger partial charge on any atom is -0.383 e. The molecule has 3 aromatic heterocycles. The van der Waals surface area contributed by atoms with Crippen molar-refractivity contribution in [3.05, 3.63) is 26.7 Å². The van der Waals surface area contributed by atoms with E-state index in [-0.39, 0.29) is 5.69 Å². The Morgan fingerprint density at radius 3 is 2.87 bits per heavy atom. The highest BCUT2D eigenvalue weighted by molar-refractivity contribution is 7.98. The van der Waals surface area contributed by atoms with E-state index in [1.165, 1.54) is 16.6 Å². The van der Waals surface area contributed by atoms with Crippen LogP contribution < -0.4 is 11.4 Å². The van der Waals surface area contributed by atoms with Crippen molar-refractivity contribution in [1.29, 1.82) is 0 Å². The molecule has 0 bridgehead atoms. The van der Waals surface area contributed by atoms with Gasteiger partial charge in [-0.1, -0.05) is 18.7 Å². The fourth-order valence-electron chi connectivity index (χ4n) is 2.35. The van der Waals surface area contributed by atoms with Gasteiger partial charge in [0, 0.05) is 11.4 Å². The SMILES string of the molecule is CCCn1c(SCc2nc(N)c3c(C)c(C)sc3n2)n[nH]c1=O. The van der Waals surface area contributed by atoms with E-state index in [0.29, 0.717) is 29.1 Å². The molecule has 0 amide bonds. The Balaban J connectivity index is 1.87. The first-order valence-corrected chi connectivity index (χ1v) is 9.11. The van der Waals surface area contributed by atoms with Gasteiger partial charge < -0.3 is 5.73 Å². The lowest BCUT2D eigenvalue weighted by Crippen LogP contribution is -2.17. The molecule has 7 nitrogen and oxygen atoms in total. The second-order valence-electron chi connectivity index (χ2n) is 5.24. The maximum absolute atomic E-state index is 11.7. The Bertz CT molecular complexity index is 910. The van der Waals surface area contributed by atoms with Gasteiger partial charge in [-0.25, -0.2) is 19.9 Å². The Morgan fingerprint density at radius 1 is 1.35 bits per heavy atom. The second kappa shape index (κ2) is 6.32. The Morgan fingerprint density at radius 2 is 2.13 bits per heavy atom. The van der Waals surface area contributed by atoms with Crippen LogP contribution in [0.1, 0.15) is 29.6 Å². The Hall–Kier alpha value is -1.87. The third-order valence-corrected chi connectivity index (χ3v) is 5.68. The predicted octanol–water partition coefficient (Wildman–Crippen LogP) is 2.48. The summed E-state index contributed by atoms with van der Waals surface area (Å²) in [6.07, 6.45) is 0.871. The zero-order valence-electron chi connectivity index (χ0n) is 13.2. The van der Waals surface area contributed by atoms with Gasteiger partial charge in [0.1, 0.15) is 16.5 Å². The Kier molecular flexibility index (Phi) is 4.40. The second-order valence-corrected chi connectivity index (χ2v) is 7.39. The summed E-state index contributed by atoms with van der Waals surface area (Å²) in [6, 6.07) is 0. The normalized spacial score (nSPS) is 11.4. The summed E-state index contributed by atoms with van der Waals surface area (Å²) < 4.78 is 1.63. The highest BCUT2D eigenvalue weighted by Gasteiger charge is 2.14. The molecule has 0 saturated heterocycles. The summed E-state index contributed by atoms with van der Waals surface area (Å²) in [5.74, 6) is 1.68. The summed E-state index contributed by atoms with van der Waals surface area (Å²) in [4.78, 5) is 22.8. The smallest absolute Gasteiger partial charge is 0.343 e. The van der Waals surface area contributed by atoms with Gasteiger partial charge in [0.05, 0.1) is 11.1 Å². The number of hydrogen-bond donors (Lipinski definition) is 2. The van der Waals surface area contributed by atoms with Crippen LogP contribution in [0.4, 0.5) is 5.82 Å². The summed E-state index contributed by atoms with van der Waals surface area (Å²) in [7, 11) is 0. The average molecular weight is 350 g/mol. The van der Waals surface area contributed by atoms with Crippen LogP contribution in [0, 0.1) is 13.8 Å². The van der Waals surface area contributed by atoms with Crippen molar-refractivity contribution in [3.63, 3.8) is 0 Å². The van der Waals surface area contributed by atoms with Crippen molar-refractivity contribution in [1.82, 2.24) is 24.7 Å². The number of rotatable bonds is 5. The molecule has 122 valence electrons. The molecule has 23 heavy (non-hydrogen) atoms. The Labute approximate surface area is 141 Å². The molecule has 0 fully saturated rings. The molecule has 0 aliphatic rings. The van der Waals surface area contributed by atoms with Gasteiger partial charge in [-0.3, -0.25) is 4.57 Å². The number of thioether (sulfide) groups is 1. The van der Waals surface area contributed by atoms with Gasteiger partial charge in [0.2, 0.25) is 0 Å². The van der Waals surface area contributed by atoms with Gasteiger partial charge in [-0.2, -0.15) is 0 Å². The van der Waals surface area contributed by atoms with Crippen molar-refractivity contribution >= 4 is 39.1 Å². The van der Waals surface area contributed by atoms with E-state index in [1.807, 2.05) is 13.8 Å². The lowest BCUT2D eigenvalue weighted by atomic mass is 10.2. The first-order valence-electron chi connectivity index (χ1n) is 7.31. The lowest BCUT2D eigenvalue weighted by Gasteiger charge is -2.04. The highest BCUT2D eigenvalue weighted by Crippen LogP contribution is 2.32. The van der Waals surface area contributed by atoms with Crippen LogP contribution in [0.25, 0.3) is 10.2 Å². The average Bonchev–Trinajstić information content (AvgIpc) is 2.99. The number of hydrogen-bond acceptors (Lipinski definition) is 7. The number of fused-ring (bicyclic) bond motifs is 1. The van der Waals surface area contributed by atoms with E-state index >= 15 is 0 Å². The summed E-state index contributed by atoms with van der Waals surface area (Å²) in [6.45, 7) is 6.76. The van der Waals surface area contributed by atoms with Gasteiger partial charge in [0.15, 0.2) is 5.16 Å². The quantitative estimate of drug-likeness (QED) is 0.685. The van der Waals surface area contributed by atoms with Crippen molar-refractivity contribution < 1.29 is 0 Å². The number of aromatic nitrogens is 5. The summed E-state index contributed by atoms with van der Waals surface area (Å²) in [5.41, 5.74) is 7.05. The largest absolute Gasteiger partial charge is 0.383 e. The van der Waals surface area contributed by atoms with Crippen molar-refractivity contribution in [3.8, 4) is 0 Å². The summed E-state index contributed by atoms with van der Waals surface area (Å²) in [5, 5.41) is 8.14. The van der Waals surface area contributed by atoms with Crippen LogP contribution in [0.3, 0.4) is 0 Å². The number of nitrogens with one attached hydrogen (secondary N) is 1. The molecule has 3 rings (SSSR count). The fourth-order valence-corrected chi connectivity index (χ4v) is 4.24. The van der Waals surface area contributed by atoms with E-state index in [0.717, 1.165) is 22.2 Å². The molecular formula is C14H18N6OS2. The van der Waals surface area contributed by atoms with Crippen LogP contribution in [-0.4, -0.2) is 24.7 Å². The first-order chi connectivity index (χ1) is 11.0. The molecule has 3 N–H and O–H groups in total. The molecule has 0 atom stereocenters. The molecule has 0 radical (unpaired) electrons. The minimum absolute atomic E-state index is 0.185. The molecular weight excluding hydrogens is 332 g/mol. The zero-order valence-corrected chi connectivity index (χ0v) is 14.8. The standard InChI is InChI=1S/C14H18N6OS2/c1-4-5-20-13(21)18-19-14(20)22-6-9-16-11(15)10-7(2)8(3)23-12(10)17-9/h4-6H2,1-3H3,(H,18,21)(H2,15,16,17). The maximum Gasteiger partial charge on any atom is 0.343 e. The number of H-pyrrole nitrogens is 1. The van der Waals surface area contributed by atoms with Crippen molar-refractivity contribution in [2.45, 2.75) is 44.6 Å². The van der Waals surface area contributed by atoms with E-state index in [1.54, 1.807) is 15.9 Å². The fraction of sp³-hybridized carbons (Fsp3) is 0.429. The van der Waals surface area contributed by atoms with Crippen molar-refractivity contribution in [2.24, 2.45) is 0 Å². The number of nitrogen functional groups attached to an aromatic ring is 1. The highest BCUT2D eigenvalue weighted by atomic mass is 32.2. The molecule has 0 aliphatic carbocycles. The number of aromatic amines is 1. The number of aryl methyl sites for hydroxylation is 2. The van der Waals surface area contributed by atoms with Crippen LogP contribution in [0.15, 0.2) is 9.95 Å². The third-order valence-electron chi connectivity index (χ3n) is 3.60. The number of thiophene rings is 1. The van der Waals surface area contributed by atoms with Crippen molar-refractivity contribution in [2.75, 3.05) is 5.73 Å². The number of nitrogens with zero attached hydrogens (tertiary/aromatic N) is 4. The lowest BCUT2D eigenvalue weighted by molar-refractivity contribution is 0.603. The maximum atomic E-state index is 11.7. The topological polar surface area (TPSA) is 102 Å². The van der Waals surface area contributed by atoms with Gasteiger partial charge in [0.25, 0.3) is 0 Å². The molecule has 0 unspecified atom stereocenters. The molecule has 3 heterocycles. The molecule has 3 aromatic rings. The van der Waals surface area contributed by atoms with E-state index in [9.17, 15) is 4.79 Å². The van der Waals surface area contributed by atoms with Crippen LogP contribution in [-0.2, 0) is 12.3 Å². The monoisotopic (exact) mass is 350 g/mol. The molecule has 0 aromatic carbocycles. The first kappa shape index (κ1) is 16.0. The van der Waals surface area contributed by atoms with Gasteiger partial charge in [-0.15, -0.1) is 16.4 Å². The van der Waals surface area contributed by atoms with Gasteiger partial charge in [-0.05, 0) is 25.8 Å². The van der Waals surface area contributed by atoms with Crippen LogP contribution >= 0.6 is 23.1 Å². The predicted molar refractivity (Wildman–Crippen MR) is 94.0 cm³/mol. The molecule has 9 heteroatoms. The third kappa shape index (κ3) is 2.98. The zero-order chi connectivity index (χ0) is 16.6. The number of nitrogens with two attached hydrogens (primary N) is 1. The van der Waals surface area contributed by atoms with E-state index < -0.39 is 0 Å². The molecule has 0 spiro atoms. The number of anilines is 1.